The Hall–Kier alpha value is -3.78. The highest BCUT2D eigenvalue weighted by Crippen LogP contribution is 2.44. The summed E-state index contributed by atoms with van der Waals surface area (Å²) in [6.45, 7) is 1.75. The number of nitrogens with one attached hydrogen (secondary N) is 1. The molecule has 1 unspecified atom stereocenters. The van der Waals surface area contributed by atoms with E-state index in [0.717, 1.165) is 17.0 Å². The zero-order chi connectivity index (χ0) is 25.2. The molecule has 2 aromatic rings. The largest absolute Gasteiger partial charge is 0.416 e. The van der Waals surface area contributed by atoms with Gasteiger partial charge in [-0.3, -0.25) is 4.79 Å². The number of amides is 5. The quantitative estimate of drug-likeness (QED) is 0.616. The molecule has 3 saturated heterocycles. The molecule has 180 valence electrons. The van der Waals surface area contributed by atoms with E-state index in [-0.39, 0.29) is 28.5 Å². The van der Waals surface area contributed by atoms with Crippen molar-refractivity contribution in [3.05, 3.63) is 58.1 Å². The monoisotopic (exact) mass is 503 g/mol. The molecule has 3 fully saturated rings. The Bertz CT molecular complexity index is 1320. The summed E-state index contributed by atoms with van der Waals surface area (Å²) < 4.78 is 39.0. The number of benzene rings is 2. The molecule has 0 aliphatic carbocycles. The first kappa shape index (κ1) is 23.0. The summed E-state index contributed by atoms with van der Waals surface area (Å²) in [6.07, 6.45) is -4.17. The van der Waals surface area contributed by atoms with Crippen molar-refractivity contribution < 1.29 is 27.6 Å². The van der Waals surface area contributed by atoms with Crippen LogP contribution >= 0.6 is 11.6 Å². The molecule has 3 aliphatic rings. The number of nitrogens with zero attached hydrogens (tertiary/aromatic N) is 4. The van der Waals surface area contributed by atoms with E-state index in [1.54, 1.807) is 6.92 Å². The van der Waals surface area contributed by atoms with E-state index in [2.05, 4.69) is 5.32 Å². The maximum atomic E-state index is 13.4. The number of nitriles is 1. The van der Waals surface area contributed by atoms with Crippen LogP contribution in [0.1, 0.15) is 23.1 Å². The number of halogens is 4. The molecule has 0 spiro atoms. The van der Waals surface area contributed by atoms with Gasteiger partial charge in [-0.1, -0.05) is 17.7 Å². The number of anilines is 2. The summed E-state index contributed by atoms with van der Waals surface area (Å²) in [5.41, 5.74) is -0.0429. The molecular formula is C23H17ClF3N5O3. The number of alkyl halides is 3. The maximum Gasteiger partial charge on any atom is 0.416 e. The average Bonchev–Trinajstić information content (AvgIpc) is 3.47. The van der Waals surface area contributed by atoms with Gasteiger partial charge in [0.25, 0.3) is 5.91 Å². The topological polar surface area (TPSA) is 96.8 Å². The molecule has 3 aliphatic heterocycles. The van der Waals surface area contributed by atoms with Crippen molar-refractivity contribution in [2.75, 3.05) is 16.8 Å². The SMILES string of the molecule is Cc1c(N2C(=O)[C@@H]3C4C[C@H](CN4C(=O)Nc4cccc(C(F)(F)F)c4)N3C2=O)ccc(C#N)c1Cl. The van der Waals surface area contributed by atoms with E-state index in [4.69, 9.17) is 16.9 Å². The highest BCUT2D eigenvalue weighted by molar-refractivity contribution is 6.33. The molecular weight excluding hydrogens is 487 g/mol. The smallest absolute Gasteiger partial charge is 0.317 e. The minimum Gasteiger partial charge on any atom is -0.317 e. The van der Waals surface area contributed by atoms with Crippen LogP contribution in [0.15, 0.2) is 36.4 Å². The van der Waals surface area contributed by atoms with Gasteiger partial charge >= 0.3 is 18.2 Å². The van der Waals surface area contributed by atoms with Crippen molar-refractivity contribution >= 4 is 40.9 Å². The van der Waals surface area contributed by atoms with Crippen molar-refractivity contribution in [1.29, 1.82) is 5.26 Å². The number of carbonyl (C=O) groups excluding carboxylic acids is 3. The molecule has 0 aromatic heterocycles. The van der Waals surface area contributed by atoms with Crippen LogP contribution in [0.25, 0.3) is 0 Å². The number of imide groups is 1. The molecule has 35 heavy (non-hydrogen) atoms. The van der Waals surface area contributed by atoms with Crippen LogP contribution in [0.2, 0.25) is 5.02 Å². The molecule has 2 bridgehead atoms. The predicted molar refractivity (Wildman–Crippen MR) is 119 cm³/mol. The van der Waals surface area contributed by atoms with Crippen LogP contribution in [0.4, 0.5) is 34.1 Å². The summed E-state index contributed by atoms with van der Waals surface area (Å²) in [5.74, 6) is -0.525. The molecule has 2 aromatic carbocycles. The summed E-state index contributed by atoms with van der Waals surface area (Å²) >= 11 is 6.23. The van der Waals surface area contributed by atoms with Gasteiger partial charge in [-0.25, -0.2) is 14.5 Å². The Balaban J connectivity index is 1.38. The summed E-state index contributed by atoms with van der Waals surface area (Å²) in [6, 6.07) is 6.01. The molecule has 8 nitrogen and oxygen atoms in total. The lowest BCUT2D eigenvalue weighted by Crippen LogP contribution is -2.55. The third-order valence-corrected chi connectivity index (χ3v) is 7.17. The molecule has 3 atom stereocenters. The third-order valence-electron chi connectivity index (χ3n) is 6.69. The van der Waals surface area contributed by atoms with Crippen molar-refractivity contribution in [2.45, 2.75) is 37.6 Å². The van der Waals surface area contributed by atoms with E-state index in [9.17, 15) is 27.6 Å². The number of rotatable bonds is 2. The van der Waals surface area contributed by atoms with Gasteiger partial charge in [0.1, 0.15) is 12.1 Å². The van der Waals surface area contributed by atoms with Gasteiger partial charge < -0.3 is 15.1 Å². The second kappa shape index (κ2) is 7.88. The summed E-state index contributed by atoms with van der Waals surface area (Å²) in [7, 11) is 0. The van der Waals surface area contributed by atoms with Gasteiger partial charge in [0, 0.05) is 12.2 Å². The number of urea groups is 2. The molecule has 5 amide bonds. The lowest BCUT2D eigenvalue weighted by Gasteiger charge is -2.34. The molecule has 3 heterocycles. The first-order valence-corrected chi connectivity index (χ1v) is 11.0. The van der Waals surface area contributed by atoms with Crippen LogP contribution < -0.4 is 10.2 Å². The first-order chi connectivity index (χ1) is 16.5. The average molecular weight is 504 g/mol. The fourth-order valence-electron chi connectivity index (χ4n) is 5.08. The maximum absolute atomic E-state index is 13.4. The standard InChI is InChI=1S/C23H17ClF3N5O3/c1-11-16(6-5-12(9-28)18(11)24)32-20(33)19-17-8-15(31(19)22(32)35)10-30(17)21(34)29-14-4-2-3-13(7-14)23(25,26)27/h2-7,15,17,19H,8,10H2,1H3,(H,29,34)/t15-,17?,19+/m1/s1. The Morgan fingerprint density at radius 2 is 1.97 bits per heavy atom. The van der Waals surface area contributed by atoms with Gasteiger partial charge in [0.15, 0.2) is 0 Å². The number of piperazine rings is 1. The molecule has 0 radical (unpaired) electrons. The van der Waals surface area contributed by atoms with Gasteiger partial charge in [-0.15, -0.1) is 0 Å². The highest BCUT2D eigenvalue weighted by atomic mass is 35.5. The Morgan fingerprint density at radius 1 is 1.23 bits per heavy atom. The van der Waals surface area contributed by atoms with E-state index >= 15 is 0 Å². The highest BCUT2D eigenvalue weighted by Gasteiger charge is 2.63. The van der Waals surface area contributed by atoms with Gasteiger partial charge in [-0.05, 0) is 49.2 Å². The van der Waals surface area contributed by atoms with Crippen LogP contribution in [0, 0.1) is 18.3 Å². The minimum absolute atomic E-state index is 0.0252. The number of fused-ring (bicyclic) bond motifs is 5. The summed E-state index contributed by atoms with van der Waals surface area (Å²) in [4.78, 5) is 43.3. The Labute approximate surface area is 202 Å². The fraction of sp³-hybridized carbons (Fsp3) is 0.304. The second-order valence-corrected chi connectivity index (χ2v) is 8.99. The number of hydrogen-bond acceptors (Lipinski definition) is 4. The Kier molecular flexibility index (Phi) is 5.18. The van der Waals surface area contributed by atoms with Crippen molar-refractivity contribution in [3.63, 3.8) is 0 Å². The van der Waals surface area contributed by atoms with Gasteiger partial charge in [0.05, 0.1) is 33.9 Å². The Morgan fingerprint density at radius 3 is 2.66 bits per heavy atom. The van der Waals surface area contributed by atoms with Crippen molar-refractivity contribution in [1.82, 2.24) is 9.80 Å². The number of likely N-dealkylation sites (tertiary alicyclic amines) is 1. The molecule has 12 heteroatoms. The van der Waals surface area contributed by atoms with E-state index in [1.807, 2.05) is 6.07 Å². The van der Waals surface area contributed by atoms with Crippen LogP contribution in [0.5, 0.6) is 0 Å². The zero-order valence-electron chi connectivity index (χ0n) is 18.1. The van der Waals surface area contributed by atoms with Crippen molar-refractivity contribution in [2.24, 2.45) is 0 Å². The van der Waals surface area contributed by atoms with Crippen LogP contribution in [-0.2, 0) is 11.0 Å². The minimum atomic E-state index is -4.56. The lowest BCUT2D eigenvalue weighted by molar-refractivity contribution is -0.137. The molecule has 1 N–H and O–H groups in total. The normalized spacial score (nSPS) is 23.1. The summed E-state index contributed by atoms with van der Waals surface area (Å²) in [5, 5.41) is 11.8. The third kappa shape index (κ3) is 3.47. The predicted octanol–water partition coefficient (Wildman–Crippen LogP) is 4.36. The number of carbonyl (C=O) groups is 3. The molecule has 0 saturated carbocycles. The second-order valence-electron chi connectivity index (χ2n) is 8.61. The van der Waals surface area contributed by atoms with Crippen molar-refractivity contribution in [3.8, 4) is 6.07 Å². The van der Waals surface area contributed by atoms with Crippen LogP contribution in [-0.4, -0.2) is 52.4 Å². The molecule has 5 rings (SSSR count). The van der Waals surface area contributed by atoms with Gasteiger partial charge in [0.2, 0.25) is 0 Å². The van der Waals surface area contributed by atoms with Crippen LogP contribution in [0.3, 0.4) is 0 Å². The zero-order valence-corrected chi connectivity index (χ0v) is 18.9. The van der Waals surface area contributed by atoms with E-state index in [1.165, 1.54) is 34.1 Å². The number of hydrogen-bond donors (Lipinski definition) is 1. The van der Waals surface area contributed by atoms with E-state index in [0.29, 0.717) is 12.0 Å². The first-order valence-electron chi connectivity index (χ1n) is 10.6. The lowest BCUT2D eigenvalue weighted by atomic mass is 10.1. The van der Waals surface area contributed by atoms with E-state index < -0.39 is 47.8 Å². The van der Waals surface area contributed by atoms with Gasteiger partial charge in [-0.2, -0.15) is 18.4 Å². The fourth-order valence-corrected chi connectivity index (χ4v) is 5.29.